The molecule has 1 atom stereocenters. The molecular weight excluding hydrogens is 336 g/mol. The quantitative estimate of drug-likeness (QED) is 0.813. The Bertz CT molecular complexity index is 770. The summed E-state index contributed by atoms with van der Waals surface area (Å²) in [6, 6.07) is 8.81. The molecule has 3 heterocycles. The van der Waals surface area contributed by atoms with E-state index in [0.29, 0.717) is 24.2 Å². The third-order valence-corrected chi connectivity index (χ3v) is 6.23. The van der Waals surface area contributed by atoms with Gasteiger partial charge in [0.2, 0.25) is 5.91 Å². The second-order valence-electron chi connectivity index (χ2n) is 8.20. The second-order valence-corrected chi connectivity index (χ2v) is 8.20. The Kier molecular flexibility index (Phi) is 6.03. The highest BCUT2D eigenvalue weighted by atomic mass is 16.5. The van der Waals surface area contributed by atoms with Crippen molar-refractivity contribution in [1.82, 2.24) is 9.88 Å². The van der Waals surface area contributed by atoms with E-state index in [1.807, 2.05) is 12.4 Å². The molecule has 144 valence electrons. The molecule has 0 saturated carbocycles. The van der Waals surface area contributed by atoms with Crippen molar-refractivity contribution in [2.75, 3.05) is 26.3 Å². The van der Waals surface area contributed by atoms with Gasteiger partial charge in [0.25, 0.3) is 0 Å². The number of hydrogen-bond donors (Lipinski definition) is 0. The first-order valence-corrected chi connectivity index (χ1v) is 10.5. The molecule has 1 amide bonds. The fourth-order valence-electron chi connectivity index (χ4n) is 4.54. The highest BCUT2D eigenvalue weighted by Crippen LogP contribution is 2.25. The third kappa shape index (κ3) is 4.86. The van der Waals surface area contributed by atoms with E-state index in [1.165, 1.54) is 22.8 Å². The molecule has 0 spiro atoms. The lowest BCUT2D eigenvalue weighted by atomic mass is 9.92. The molecule has 0 N–H and O–H groups in total. The van der Waals surface area contributed by atoms with E-state index < -0.39 is 0 Å². The van der Waals surface area contributed by atoms with E-state index >= 15 is 0 Å². The average molecular weight is 367 g/mol. The number of aromatic nitrogens is 1. The first-order valence-electron chi connectivity index (χ1n) is 10.5. The molecule has 2 fully saturated rings. The van der Waals surface area contributed by atoms with Gasteiger partial charge in [-0.25, -0.2) is 0 Å². The van der Waals surface area contributed by atoms with E-state index in [9.17, 15) is 4.79 Å². The lowest BCUT2D eigenvalue weighted by molar-refractivity contribution is -0.132. The third-order valence-electron chi connectivity index (χ3n) is 6.23. The monoisotopic (exact) mass is 366 g/mol. The molecule has 1 aromatic heterocycles. The summed E-state index contributed by atoms with van der Waals surface area (Å²) in [4.78, 5) is 19.0. The number of ether oxygens (including phenoxy) is 1. The Morgan fingerprint density at radius 3 is 2.81 bits per heavy atom. The van der Waals surface area contributed by atoms with Crippen LogP contribution in [0.1, 0.15) is 44.1 Å². The van der Waals surface area contributed by atoms with Gasteiger partial charge < -0.3 is 9.64 Å². The molecule has 2 aliphatic rings. The molecule has 4 nitrogen and oxygen atoms in total. The normalized spacial score (nSPS) is 21.9. The zero-order chi connectivity index (χ0) is 18.5. The summed E-state index contributed by atoms with van der Waals surface area (Å²) in [5, 5.41) is 2.47. The van der Waals surface area contributed by atoms with Crippen molar-refractivity contribution in [2.45, 2.75) is 44.9 Å². The van der Waals surface area contributed by atoms with E-state index in [-0.39, 0.29) is 0 Å². The standard InChI is InChI=1S/C23H30N2O2/c26-23(16-19-7-12-27-13-8-19)25-10-1-2-18(6-11-25)14-20-3-4-22-17-24-9-5-21(22)15-20/h3-5,9,15,17-19H,1-2,6-8,10-14,16H2/t18-/m1/s1. The number of fused-ring (bicyclic) bond motifs is 1. The van der Waals surface area contributed by atoms with Gasteiger partial charge in [-0.3, -0.25) is 9.78 Å². The maximum Gasteiger partial charge on any atom is 0.222 e. The van der Waals surface area contributed by atoms with Crippen LogP contribution >= 0.6 is 0 Å². The van der Waals surface area contributed by atoms with Crippen LogP contribution in [0, 0.1) is 11.8 Å². The number of amides is 1. The molecule has 27 heavy (non-hydrogen) atoms. The average Bonchev–Trinajstić information content (AvgIpc) is 2.94. The molecule has 4 heteroatoms. The maximum atomic E-state index is 12.7. The van der Waals surface area contributed by atoms with Gasteiger partial charge in [0, 0.05) is 50.5 Å². The number of nitrogens with zero attached hydrogens (tertiary/aromatic N) is 2. The fraction of sp³-hybridized carbons (Fsp3) is 0.565. The largest absolute Gasteiger partial charge is 0.381 e. The molecule has 0 radical (unpaired) electrons. The molecule has 0 unspecified atom stereocenters. The Morgan fingerprint density at radius 2 is 1.93 bits per heavy atom. The van der Waals surface area contributed by atoms with E-state index in [2.05, 4.69) is 34.1 Å². The van der Waals surface area contributed by atoms with Crippen molar-refractivity contribution < 1.29 is 9.53 Å². The molecule has 2 saturated heterocycles. The van der Waals surface area contributed by atoms with Crippen LogP contribution in [-0.4, -0.2) is 42.1 Å². The summed E-state index contributed by atoms with van der Waals surface area (Å²) >= 11 is 0. The lowest BCUT2D eigenvalue weighted by Crippen LogP contribution is -2.34. The maximum absolute atomic E-state index is 12.7. The molecule has 1 aromatic carbocycles. The van der Waals surface area contributed by atoms with Crippen LogP contribution in [0.3, 0.4) is 0 Å². The Morgan fingerprint density at radius 1 is 1.04 bits per heavy atom. The number of carbonyl (C=O) groups is 1. The smallest absolute Gasteiger partial charge is 0.222 e. The van der Waals surface area contributed by atoms with E-state index in [0.717, 1.165) is 58.4 Å². The van der Waals surface area contributed by atoms with Crippen LogP contribution in [0.25, 0.3) is 10.8 Å². The van der Waals surface area contributed by atoms with Crippen molar-refractivity contribution in [2.24, 2.45) is 11.8 Å². The minimum absolute atomic E-state index is 0.362. The Hall–Kier alpha value is -1.94. The predicted molar refractivity (Wildman–Crippen MR) is 108 cm³/mol. The first kappa shape index (κ1) is 18.4. The highest BCUT2D eigenvalue weighted by Gasteiger charge is 2.24. The molecule has 2 aromatic rings. The van der Waals surface area contributed by atoms with Crippen molar-refractivity contribution in [1.29, 1.82) is 0 Å². The summed E-state index contributed by atoms with van der Waals surface area (Å²) in [5.41, 5.74) is 1.40. The topological polar surface area (TPSA) is 42.4 Å². The van der Waals surface area contributed by atoms with Crippen LogP contribution in [0.5, 0.6) is 0 Å². The number of benzene rings is 1. The number of hydrogen-bond acceptors (Lipinski definition) is 3. The predicted octanol–water partition coefficient (Wildman–Crippen LogP) is 4.22. The molecule has 0 aliphatic carbocycles. The summed E-state index contributed by atoms with van der Waals surface area (Å²) < 4.78 is 5.42. The van der Waals surface area contributed by atoms with Gasteiger partial charge in [0.1, 0.15) is 0 Å². The Balaban J connectivity index is 1.31. The van der Waals surface area contributed by atoms with Crippen molar-refractivity contribution >= 4 is 16.7 Å². The van der Waals surface area contributed by atoms with E-state index in [1.54, 1.807) is 0 Å². The van der Waals surface area contributed by atoms with Gasteiger partial charge >= 0.3 is 0 Å². The molecule has 0 bridgehead atoms. The fourth-order valence-corrected chi connectivity index (χ4v) is 4.54. The highest BCUT2D eigenvalue weighted by molar-refractivity contribution is 5.82. The van der Waals surface area contributed by atoms with E-state index in [4.69, 9.17) is 4.74 Å². The minimum Gasteiger partial charge on any atom is -0.381 e. The minimum atomic E-state index is 0.362. The van der Waals surface area contributed by atoms with Crippen LogP contribution in [0.15, 0.2) is 36.7 Å². The number of rotatable bonds is 4. The number of likely N-dealkylation sites (tertiary alicyclic amines) is 1. The van der Waals surface area contributed by atoms with Crippen LogP contribution in [0.2, 0.25) is 0 Å². The molecule has 4 rings (SSSR count). The zero-order valence-corrected chi connectivity index (χ0v) is 16.1. The first-order chi connectivity index (χ1) is 13.3. The molecule has 2 aliphatic heterocycles. The number of carbonyl (C=O) groups excluding carboxylic acids is 1. The van der Waals surface area contributed by atoms with Gasteiger partial charge in [-0.2, -0.15) is 0 Å². The summed E-state index contributed by atoms with van der Waals surface area (Å²) in [7, 11) is 0. The summed E-state index contributed by atoms with van der Waals surface area (Å²) in [6.07, 6.45) is 11.2. The van der Waals surface area contributed by atoms with Crippen LogP contribution in [0.4, 0.5) is 0 Å². The summed E-state index contributed by atoms with van der Waals surface area (Å²) in [5.74, 6) is 1.56. The number of pyridine rings is 1. The van der Waals surface area contributed by atoms with Gasteiger partial charge in [-0.1, -0.05) is 18.2 Å². The van der Waals surface area contributed by atoms with Gasteiger partial charge in [0.15, 0.2) is 0 Å². The van der Waals surface area contributed by atoms with Gasteiger partial charge in [-0.15, -0.1) is 0 Å². The second kappa shape index (κ2) is 8.83. The zero-order valence-electron chi connectivity index (χ0n) is 16.1. The SMILES string of the molecule is O=C(CC1CCOCC1)N1CCC[C@@H](Cc2ccc3cnccc3c2)CC1. The summed E-state index contributed by atoms with van der Waals surface area (Å²) in [6.45, 7) is 3.50. The lowest BCUT2D eigenvalue weighted by Gasteiger charge is -2.26. The Labute approximate surface area is 161 Å². The van der Waals surface area contributed by atoms with Gasteiger partial charge in [-0.05, 0) is 67.4 Å². The van der Waals surface area contributed by atoms with Gasteiger partial charge in [0.05, 0.1) is 0 Å². The molecular formula is C23H30N2O2. The van der Waals surface area contributed by atoms with Crippen molar-refractivity contribution in [3.63, 3.8) is 0 Å². The van der Waals surface area contributed by atoms with Crippen molar-refractivity contribution in [3.8, 4) is 0 Å². The van der Waals surface area contributed by atoms with Crippen LogP contribution < -0.4 is 0 Å². The van der Waals surface area contributed by atoms with Crippen molar-refractivity contribution in [3.05, 3.63) is 42.2 Å². The van der Waals surface area contributed by atoms with Crippen LogP contribution in [-0.2, 0) is 16.0 Å².